The summed E-state index contributed by atoms with van der Waals surface area (Å²) >= 11 is 1.66. The van der Waals surface area contributed by atoms with E-state index >= 15 is 0 Å². The van der Waals surface area contributed by atoms with Gasteiger partial charge in [-0.25, -0.2) is 0 Å². The summed E-state index contributed by atoms with van der Waals surface area (Å²) in [7, 11) is 0. The Hall–Kier alpha value is -1.36. The third-order valence-corrected chi connectivity index (χ3v) is 5.30. The maximum atomic E-state index is 12.6. The van der Waals surface area contributed by atoms with E-state index in [4.69, 9.17) is 0 Å². The molecule has 0 aromatic carbocycles. The Kier molecular flexibility index (Phi) is 3.78. The van der Waals surface area contributed by atoms with E-state index in [0.717, 1.165) is 37.1 Å². The van der Waals surface area contributed by atoms with Crippen molar-refractivity contribution in [1.82, 2.24) is 10.2 Å². The molecule has 1 aromatic rings. The van der Waals surface area contributed by atoms with Crippen molar-refractivity contribution < 1.29 is 9.59 Å². The van der Waals surface area contributed by atoms with E-state index in [-0.39, 0.29) is 17.9 Å². The van der Waals surface area contributed by atoms with Gasteiger partial charge in [0.1, 0.15) is 0 Å². The summed E-state index contributed by atoms with van der Waals surface area (Å²) in [6.45, 7) is 2.98. The van der Waals surface area contributed by atoms with Gasteiger partial charge >= 0.3 is 0 Å². The van der Waals surface area contributed by atoms with Crippen molar-refractivity contribution >= 4 is 23.2 Å². The second kappa shape index (κ2) is 5.56. The molecule has 0 bridgehead atoms. The molecule has 0 saturated carbocycles. The molecule has 0 spiro atoms. The smallest absolute Gasteiger partial charge is 0.264 e. The fraction of sp³-hybridized carbons (Fsp3) is 0.600. The van der Waals surface area contributed by atoms with E-state index in [1.165, 1.54) is 23.8 Å². The van der Waals surface area contributed by atoms with Crippen LogP contribution in [0.2, 0.25) is 0 Å². The Labute approximate surface area is 123 Å². The van der Waals surface area contributed by atoms with Crippen molar-refractivity contribution in [3.63, 3.8) is 0 Å². The number of thiophene rings is 1. The third kappa shape index (κ3) is 2.73. The normalized spacial score (nSPS) is 21.6. The Bertz CT molecular complexity index is 516. The molecule has 4 nitrogen and oxygen atoms in total. The first-order valence-electron chi connectivity index (χ1n) is 7.31. The minimum Gasteiger partial charge on any atom is -0.352 e. The fourth-order valence-corrected chi connectivity index (χ4v) is 4.38. The van der Waals surface area contributed by atoms with Crippen LogP contribution in [0.25, 0.3) is 0 Å². The van der Waals surface area contributed by atoms with Gasteiger partial charge in [-0.1, -0.05) is 0 Å². The first kappa shape index (κ1) is 13.6. The van der Waals surface area contributed by atoms with Gasteiger partial charge in [0.05, 0.1) is 4.88 Å². The maximum absolute atomic E-state index is 12.6. The van der Waals surface area contributed by atoms with Gasteiger partial charge in [0.15, 0.2) is 0 Å². The predicted octanol–water partition coefficient (Wildman–Crippen LogP) is 1.98. The van der Waals surface area contributed by atoms with Crippen molar-refractivity contribution in [3.05, 3.63) is 21.4 Å². The topological polar surface area (TPSA) is 49.4 Å². The van der Waals surface area contributed by atoms with E-state index in [2.05, 4.69) is 11.4 Å². The number of amides is 2. The highest BCUT2D eigenvalue weighted by atomic mass is 32.1. The Morgan fingerprint density at radius 2 is 2.20 bits per heavy atom. The van der Waals surface area contributed by atoms with Crippen LogP contribution in [0.5, 0.6) is 0 Å². The molecule has 2 heterocycles. The van der Waals surface area contributed by atoms with Crippen LogP contribution in [-0.4, -0.2) is 35.8 Å². The standard InChI is InChI=1S/C15H20N2O2S/c1-10(18)16-12-5-3-7-17(9-12)15(19)14-8-11-4-2-6-13(11)20-14/h8,12H,2-7,9H2,1H3,(H,16,18). The van der Waals surface area contributed by atoms with E-state index in [1.807, 2.05) is 4.90 Å². The maximum Gasteiger partial charge on any atom is 0.264 e. The lowest BCUT2D eigenvalue weighted by molar-refractivity contribution is -0.120. The molecule has 1 atom stereocenters. The van der Waals surface area contributed by atoms with E-state index in [1.54, 1.807) is 11.3 Å². The van der Waals surface area contributed by atoms with E-state index in [9.17, 15) is 9.59 Å². The minimum atomic E-state index is -0.0144. The monoisotopic (exact) mass is 292 g/mol. The van der Waals surface area contributed by atoms with Crippen molar-refractivity contribution in [2.75, 3.05) is 13.1 Å². The van der Waals surface area contributed by atoms with Crippen LogP contribution in [0.3, 0.4) is 0 Å². The van der Waals surface area contributed by atoms with Gasteiger partial charge in [0, 0.05) is 30.9 Å². The summed E-state index contributed by atoms with van der Waals surface area (Å²) in [5.74, 6) is 0.124. The van der Waals surface area contributed by atoms with Crippen molar-refractivity contribution in [2.45, 2.75) is 45.1 Å². The van der Waals surface area contributed by atoms with Gasteiger partial charge in [-0.2, -0.15) is 0 Å². The largest absolute Gasteiger partial charge is 0.352 e. The molecule has 20 heavy (non-hydrogen) atoms. The molecule has 1 unspecified atom stereocenters. The Balaban J connectivity index is 1.68. The number of hydrogen-bond acceptors (Lipinski definition) is 3. The molecular formula is C15H20N2O2S. The number of hydrogen-bond donors (Lipinski definition) is 1. The second-order valence-corrected chi connectivity index (χ2v) is 6.84. The summed E-state index contributed by atoms with van der Waals surface area (Å²) in [5, 5.41) is 2.93. The molecule has 1 fully saturated rings. The lowest BCUT2D eigenvalue weighted by atomic mass is 10.1. The third-order valence-electron chi connectivity index (χ3n) is 4.07. The summed E-state index contributed by atoms with van der Waals surface area (Å²) in [6.07, 6.45) is 5.39. The van der Waals surface area contributed by atoms with Gasteiger partial charge < -0.3 is 10.2 Å². The molecule has 3 rings (SSSR count). The fourth-order valence-electron chi connectivity index (χ4n) is 3.16. The number of aryl methyl sites for hydroxylation is 2. The van der Waals surface area contributed by atoms with Crippen LogP contribution < -0.4 is 5.32 Å². The molecule has 1 aromatic heterocycles. The lowest BCUT2D eigenvalue weighted by Crippen LogP contribution is -2.49. The average Bonchev–Trinajstić information content (AvgIpc) is 2.98. The minimum absolute atomic E-state index is 0.0144. The number of piperidine rings is 1. The number of nitrogens with one attached hydrogen (secondary N) is 1. The van der Waals surface area contributed by atoms with Gasteiger partial charge in [0.25, 0.3) is 5.91 Å². The second-order valence-electron chi connectivity index (χ2n) is 5.70. The molecule has 1 saturated heterocycles. The molecule has 1 aliphatic heterocycles. The van der Waals surface area contributed by atoms with Crippen LogP contribution >= 0.6 is 11.3 Å². The highest BCUT2D eigenvalue weighted by molar-refractivity contribution is 7.14. The van der Waals surface area contributed by atoms with E-state index < -0.39 is 0 Å². The first-order chi connectivity index (χ1) is 9.63. The number of carbonyl (C=O) groups is 2. The zero-order chi connectivity index (χ0) is 14.1. The summed E-state index contributed by atoms with van der Waals surface area (Å²) < 4.78 is 0. The van der Waals surface area contributed by atoms with Crippen LogP contribution in [0.1, 0.15) is 46.3 Å². The molecule has 5 heteroatoms. The number of likely N-dealkylation sites (tertiary alicyclic amines) is 1. The van der Waals surface area contributed by atoms with Crippen molar-refractivity contribution in [1.29, 1.82) is 0 Å². The average molecular weight is 292 g/mol. The predicted molar refractivity (Wildman–Crippen MR) is 79.1 cm³/mol. The van der Waals surface area contributed by atoms with Crippen molar-refractivity contribution in [3.8, 4) is 0 Å². The molecule has 2 amide bonds. The molecule has 1 aliphatic carbocycles. The molecule has 0 radical (unpaired) electrons. The van der Waals surface area contributed by atoms with Gasteiger partial charge in [-0.3, -0.25) is 9.59 Å². The summed E-state index contributed by atoms with van der Waals surface area (Å²) in [6, 6.07) is 2.19. The quantitative estimate of drug-likeness (QED) is 0.906. The molecular weight excluding hydrogens is 272 g/mol. The highest BCUT2D eigenvalue weighted by Gasteiger charge is 2.27. The van der Waals surface area contributed by atoms with Crippen LogP contribution in [0.4, 0.5) is 0 Å². The van der Waals surface area contributed by atoms with E-state index in [0.29, 0.717) is 6.54 Å². The number of carbonyl (C=O) groups excluding carboxylic acids is 2. The van der Waals surface area contributed by atoms with Gasteiger partial charge in [-0.05, 0) is 43.7 Å². The zero-order valence-corrected chi connectivity index (χ0v) is 12.6. The van der Waals surface area contributed by atoms with Crippen LogP contribution in [0.15, 0.2) is 6.07 Å². The number of fused-ring (bicyclic) bond motifs is 1. The highest BCUT2D eigenvalue weighted by Crippen LogP contribution is 2.31. The first-order valence-corrected chi connectivity index (χ1v) is 8.13. The van der Waals surface area contributed by atoms with Crippen LogP contribution in [0, 0.1) is 0 Å². The summed E-state index contributed by atoms with van der Waals surface area (Å²) in [5.41, 5.74) is 1.37. The number of rotatable bonds is 2. The molecule has 2 aliphatic rings. The van der Waals surface area contributed by atoms with Crippen molar-refractivity contribution in [2.24, 2.45) is 0 Å². The molecule has 108 valence electrons. The molecule has 1 N–H and O–H groups in total. The van der Waals surface area contributed by atoms with Gasteiger partial charge in [-0.15, -0.1) is 11.3 Å². The number of nitrogens with zero attached hydrogens (tertiary/aromatic N) is 1. The lowest BCUT2D eigenvalue weighted by Gasteiger charge is -2.32. The van der Waals surface area contributed by atoms with Gasteiger partial charge in [0.2, 0.25) is 5.91 Å². The summed E-state index contributed by atoms with van der Waals surface area (Å²) in [4.78, 5) is 27.9. The zero-order valence-electron chi connectivity index (χ0n) is 11.8. The Morgan fingerprint density at radius 3 is 2.95 bits per heavy atom. The Morgan fingerprint density at radius 1 is 1.35 bits per heavy atom. The SMILES string of the molecule is CC(=O)NC1CCCN(C(=O)c2cc3c(s2)CCC3)C1. The van der Waals surface area contributed by atoms with Crippen LogP contribution in [-0.2, 0) is 17.6 Å².